The number of hydrazine groups is 1. The topological polar surface area (TPSA) is 63.8 Å². The van der Waals surface area contributed by atoms with Crippen molar-refractivity contribution in [3.05, 3.63) is 35.9 Å². The summed E-state index contributed by atoms with van der Waals surface area (Å²) < 4.78 is 0. The van der Waals surface area contributed by atoms with E-state index < -0.39 is 0 Å². The Morgan fingerprint density at radius 2 is 2.06 bits per heavy atom. The van der Waals surface area contributed by atoms with Crippen molar-refractivity contribution in [1.82, 2.24) is 15.4 Å². The van der Waals surface area contributed by atoms with E-state index >= 15 is 0 Å². The van der Waals surface area contributed by atoms with Gasteiger partial charge in [-0.1, -0.05) is 18.9 Å². The number of hydrogen-bond acceptors (Lipinski definition) is 4. The van der Waals surface area contributed by atoms with Crippen LogP contribution in [0.2, 0.25) is 0 Å². The lowest BCUT2D eigenvalue weighted by molar-refractivity contribution is 0.546. The van der Waals surface area contributed by atoms with E-state index in [1.807, 2.05) is 0 Å². The van der Waals surface area contributed by atoms with Crippen molar-refractivity contribution in [2.75, 3.05) is 0 Å². The quantitative estimate of drug-likeness (QED) is 0.476. The van der Waals surface area contributed by atoms with Gasteiger partial charge in [0.15, 0.2) is 0 Å². The van der Waals surface area contributed by atoms with Crippen molar-refractivity contribution in [1.29, 1.82) is 0 Å². The summed E-state index contributed by atoms with van der Waals surface area (Å²) >= 11 is 0. The average Bonchev–Trinajstić information content (AvgIpc) is 2.34. The number of hydrogen-bond donors (Lipinski definition) is 2. The highest BCUT2D eigenvalue weighted by molar-refractivity contribution is 5.20. The smallest absolute Gasteiger partial charge is 0.0857 e. The number of rotatable bonds is 3. The van der Waals surface area contributed by atoms with Crippen LogP contribution in [0.4, 0.5) is 0 Å². The van der Waals surface area contributed by atoms with E-state index in [2.05, 4.69) is 21.5 Å². The van der Waals surface area contributed by atoms with E-state index in [1.165, 1.54) is 31.3 Å². The van der Waals surface area contributed by atoms with Gasteiger partial charge in [0, 0.05) is 12.4 Å². The van der Waals surface area contributed by atoms with Gasteiger partial charge in [0.2, 0.25) is 0 Å². The molecule has 0 amide bonds. The van der Waals surface area contributed by atoms with Crippen molar-refractivity contribution in [2.24, 2.45) is 5.84 Å². The van der Waals surface area contributed by atoms with Gasteiger partial charge in [-0.05, 0) is 31.3 Å². The summed E-state index contributed by atoms with van der Waals surface area (Å²) in [6.45, 7) is 0. The molecule has 2 rings (SSSR count). The van der Waals surface area contributed by atoms with Crippen LogP contribution in [0.1, 0.15) is 50.3 Å². The molecule has 0 bridgehead atoms. The molecule has 4 nitrogen and oxygen atoms in total. The van der Waals surface area contributed by atoms with Crippen LogP contribution in [-0.4, -0.2) is 9.97 Å². The van der Waals surface area contributed by atoms with E-state index in [1.54, 1.807) is 18.6 Å². The summed E-state index contributed by atoms with van der Waals surface area (Å²) in [4.78, 5) is 8.44. The minimum atomic E-state index is 0.0156. The van der Waals surface area contributed by atoms with Crippen molar-refractivity contribution in [3.8, 4) is 0 Å². The fourth-order valence-electron chi connectivity index (χ4n) is 2.32. The summed E-state index contributed by atoms with van der Waals surface area (Å²) in [6.07, 6.45) is 14.9. The molecule has 1 aromatic heterocycles. The van der Waals surface area contributed by atoms with Crippen LogP contribution in [0, 0.1) is 0 Å². The molecule has 1 atom stereocenters. The molecule has 0 aliphatic heterocycles. The third-order valence-electron chi connectivity index (χ3n) is 3.24. The first-order valence-electron chi connectivity index (χ1n) is 6.33. The third kappa shape index (κ3) is 3.35. The number of allylic oxidation sites excluding steroid dienone is 1. The maximum Gasteiger partial charge on any atom is 0.0857 e. The molecule has 0 spiro atoms. The van der Waals surface area contributed by atoms with E-state index in [4.69, 9.17) is 5.84 Å². The SMILES string of the molecule is NNC(/C1=C/CCCCCC1)c1cnccn1. The zero-order chi connectivity index (χ0) is 11.9. The Balaban J connectivity index is 2.16. The average molecular weight is 232 g/mol. The summed E-state index contributed by atoms with van der Waals surface area (Å²) in [6, 6.07) is 0.0156. The van der Waals surface area contributed by atoms with Crippen LogP contribution in [0.25, 0.3) is 0 Å². The van der Waals surface area contributed by atoms with E-state index in [9.17, 15) is 0 Å². The third-order valence-corrected chi connectivity index (χ3v) is 3.24. The van der Waals surface area contributed by atoms with Crippen molar-refractivity contribution >= 4 is 0 Å². The summed E-state index contributed by atoms with van der Waals surface area (Å²) in [5.74, 6) is 5.67. The Bertz CT molecular complexity index is 361. The standard InChI is InChI=1S/C13H20N4/c14-17-13(12-10-15-8-9-16-12)11-6-4-2-1-3-5-7-11/h6,8-10,13,17H,1-5,7,14H2/b11-6+. The lowest BCUT2D eigenvalue weighted by Gasteiger charge is -2.20. The van der Waals surface area contributed by atoms with Gasteiger partial charge in [0.05, 0.1) is 17.9 Å². The molecule has 1 unspecified atom stereocenters. The maximum atomic E-state index is 5.67. The van der Waals surface area contributed by atoms with Gasteiger partial charge in [-0.25, -0.2) is 5.43 Å². The Morgan fingerprint density at radius 1 is 1.18 bits per heavy atom. The summed E-state index contributed by atoms with van der Waals surface area (Å²) in [5.41, 5.74) is 5.12. The predicted molar refractivity (Wildman–Crippen MR) is 67.9 cm³/mol. The number of nitrogens with two attached hydrogens (primary N) is 1. The molecule has 1 heterocycles. The van der Waals surface area contributed by atoms with Gasteiger partial charge in [0.1, 0.15) is 0 Å². The van der Waals surface area contributed by atoms with Gasteiger partial charge >= 0.3 is 0 Å². The van der Waals surface area contributed by atoms with Gasteiger partial charge in [-0.15, -0.1) is 0 Å². The molecule has 4 heteroatoms. The molecule has 0 saturated carbocycles. The van der Waals surface area contributed by atoms with Crippen molar-refractivity contribution < 1.29 is 0 Å². The number of aromatic nitrogens is 2. The molecule has 17 heavy (non-hydrogen) atoms. The van der Waals surface area contributed by atoms with Crippen LogP contribution in [-0.2, 0) is 0 Å². The van der Waals surface area contributed by atoms with E-state index in [0.717, 1.165) is 18.5 Å². The zero-order valence-electron chi connectivity index (χ0n) is 10.1. The second-order valence-electron chi connectivity index (χ2n) is 4.46. The minimum Gasteiger partial charge on any atom is -0.271 e. The molecular formula is C13H20N4. The minimum absolute atomic E-state index is 0.0156. The Kier molecular flexibility index (Phi) is 4.64. The lowest BCUT2D eigenvalue weighted by Crippen LogP contribution is -2.30. The van der Waals surface area contributed by atoms with Gasteiger partial charge in [-0.2, -0.15) is 0 Å². The highest BCUT2D eigenvalue weighted by Crippen LogP contribution is 2.26. The molecule has 1 aliphatic carbocycles. The van der Waals surface area contributed by atoms with Gasteiger partial charge < -0.3 is 0 Å². The molecule has 1 aromatic rings. The van der Waals surface area contributed by atoms with Crippen LogP contribution in [0.15, 0.2) is 30.2 Å². The molecule has 1 aliphatic rings. The summed E-state index contributed by atoms with van der Waals surface area (Å²) in [7, 11) is 0. The predicted octanol–water partition coefficient (Wildman–Crippen LogP) is 2.26. The molecular weight excluding hydrogens is 212 g/mol. The fourth-order valence-corrected chi connectivity index (χ4v) is 2.32. The molecule has 3 N–H and O–H groups in total. The molecule has 0 aromatic carbocycles. The number of nitrogens with one attached hydrogen (secondary N) is 1. The Hall–Kier alpha value is -1.26. The van der Waals surface area contributed by atoms with Crippen LogP contribution >= 0.6 is 0 Å². The zero-order valence-corrected chi connectivity index (χ0v) is 10.1. The molecule has 0 saturated heterocycles. The summed E-state index contributed by atoms with van der Waals surface area (Å²) in [5, 5.41) is 0. The van der Waals surface area contributed by atoms with Crippen molar-refractivity contribution in [3.63, 3.8) is 0 Å². The molecule has 92 valence electrons. The normalized spacial score (nSPS) is 22.1. The fraction of sp³-hybridized carbons (Fsp3) is 0.538. The van der Waals surface area contributed by atoms with E-state index in [-0.39, 0.29) is 6.04 Å². The van der Waals surface area contributed by atoms with Gasteiger partial charge in [-0.3, -0.25) is 15.8 Å². The monoisotopic (exact) mass is 232 g/mol. The molecule has 0 fully saturated rings. The van der Waals surface area contributed by atoms with Crippen LogP contribution in [0.5, 0.6) is 0 Å². The maximum absolute atomic E-state index is 5.67. The highest BCUT2D eigenvalue weighted by atomic mass is 15.2. The first-order chi connectivity index (χ1) is 8.42. The van der Waals surface area contributed by atoms with Gasteiger partial charge in [0.25, 0.3) is 0 Å². The Labute approximate surface area is 102 Å². The molecule has 0 radical (unpaired) electrons. The van der Waals surface area contributed by atoms with E-state index in [0.29, 0.717) is 0 Å². The lowest BCUT2D eigenvalue weighted by atomic mass is 9.94. The van der Waals surface area contributed by atoms with Crippen molar-refractivity contribution in [2.45, 2.75) is 44.6 Å². The second kappa shape index (κ2) is 6.47. The van der Waals surface area contributed by atoms with Crippen LogP contribution in [0.3, 0.4) is 0 Å². The van der Waals surface area contributed by atoms with Crippen LogP contribution < -0.4 is 11.3 Å². The Morgan fingerprint density at radius 3 is 2.82 bits per heavy atom. The number of nitrogens with zero attached hydrogens (tertiary/aromatic N) is 2. The first kappa shape index (κ1) is 12.2. The first-order valence-corrected chi connectivity index (χ1v) is 6.33. The largest absolute Gasteiger partial charge is 0.271 e. The second-order valence-corrected chi connectivity index (χ2v) is 4.46. The highest BCUT2D eigenvalue weighted by Gasteiger charge is 2.16.